The van der Waals surface area contributed by atoms with Crippen molar-refractivity contribution in [2.75, 3.05) is 6.61 Å². The average Bonchev–Trinajstić information content (AvgIpc) is 2.74. The number of nitrogens with one attached hydrogen (secondary N) is 1. The zero-order valence-electron chi connectivity index (χ0n) is 17.0. The summed E-state index contributed by atoms with van der Waals surface area (Å²) in [5.74, 6) is 0.152. The number of non-ortho nitro benzene ring substituents is 1. The van der Waals surface area contributed by atoms with E-state index < -0.39 is 10.8 Å². The molecule has 0 unspecified atom stereocenters. The standard InChI is InChI=1S/C22H26BrN3O4/c1-2-3-4-5-6-7-13-30-21-12-11-19(23)14-18(21)16-24-25-22(27)17-9-8-10-20(15-17)26(28)29/h8-12,14-16H,2-7,13H2,1H3,(H,25,27)/b24-16+. The fraction of sp³-hybridized carbons (Fsp3) is 0.364. The highest BCUT2D eigenvalue weighted by atomic mass is 79.9. The molecule has 1 amide bonds. The number of hydrazone groups is 1. The Labute approximate surface area is 184 Å². The molecule has 0 atom stereocenters. The number of carbonyl (C=O) groups excluding carboxylic acids is 1. The number of amides is 1. The van der Waals surface area contributed by atoms with Gasteiger partial charge in [0, 0.05) is 27.7 Å². The summed E-state index contributed by atoms with van der Waals surface area (Å²) >= 11 is 3.42. The topological polar surface area (TPSA) is 93.8 Å². The van der Waals surface area contributed by atoms with Gasteiger partial charge in [-0.1, -0.05) is 61.0 Å². The quantitative estimate of drug-likeness (QED) is 0.180. The molecule has 0 heterocycles. The normalized spacial score (nSPS) is 10.9. The van der Waals surface area contributed by atoms with Crippen LogP contribution in [0.4, 0.5) is 5.69 Å². The minimum absolute atomic E-state index is 0.149. The number of halogens is 1. The number of rotatable bonds is 12. The molecule has 2 rings (SSSR count). The lowest BCUT2D eigenvalue weighted by atomic mass is 10.1. The highest BCUT2D eigenvalue weighted by molar-refractivity contribution is 9.10. The van der Waals surface area contributed by atoms with Gasteiger partial charge < -0.3 is 4.74 Å². The van der Waals surface area contributed by atoms with Gasteiger partial charge in [-0.3, -0.25) is 14.9 Å². The van der Waals surface area contributed by atoms with Crippen molar-refractivity contribution in [3.63, 3.8) is 0 Å². The predicted octanol–water partition coefficient (Wildman–Crippen LogP) is 5.86. The van der Waals surface area contributed by atoms with E-state index in [0.29, 0.717) is 12.4 Å². The summed E-state index contributed by atoms with van der Waals surface area (Å²) in [4.78, 5) is 22.5. The first-order valence-electron chi connectivity index (χ1n) is 10.0. The van der Waals surface area contributed by atoms with Crippen molar-refractivity contribution in [3.05, 3.63) is 68.2 Å². The van der Waals surface area contributed by atoms with Crippen LogP contribution in [-0.2, 0) is 0 Å². The molecule has 0 saturated carbocycles. The van der Waals surface area contributed by atoms with E-state index in [4.69, 9.17) is 4.74 Å². The largest absolute Gasteiger partial charge is 0.493 e. The zero-order chi connectivity index (χ0) is 21.8. The number of hydrogen-bond donors (Lipinski definition) is 1. The molecular formula is C22H26BrN3O4. The molecule has 0 saturated heterocycles. The van der Waals surface area contributed by atoms with E-state index in [-0.39, 0.29) is 11.3 Å². The second kappa shape index (κ2) is 12.7. The second-order valence-electron chi connectivity index (χ2n) is 6.80. The van der Waals surface area contributed by atoms with E-state index >= 15 is 0 Å². The fourth-order valence-electron chi connectivity index (χ4n) is 2.80. The maximum absolute atomic E-state index is 12.2. The highest BCUT2D eigenvalue weighted by Gasteiger charge is 2.11. The number of nitro groups is 1. The lowest BCUT2D eigenvalue weighted by Gasteiger charge is -2.09. The predicted molar refractivity (Wildman–Crippen MR) is 121 cm³/mol. The maximum Gasteiger partial charge on any atom is 0.271 e. The summed E-state index contributed by atoms with van der Waals surface area (Å²) in [5.41, 5.74) is 3.12. The first kappa shape index (κ1) is 23.5. The Balaban J connectivity index is 1.92. The van der Waals surface area contributed by atoms with Crippen molar-refractivity contribution in [1.29, 1.82) is 0 Å². The summed E-state index contributed by atoms with van der Waals surface area (Å²) in [6, 6.07) is 11.1. The van der Waals surface area contributed by atoms with Gasteiger partial charge in [0.05, 0.1) is 17.7 Å². The van der Waals surface area contributed by atoms with Crippen LogP contribution < -0.4 is 10.2 Å². The Hall–Kier alpha value is -2.74. The second-order valence-corrected chi connectivity index (χ2v) is 7.72. The molecule has 8 heteroatoms. The third kappa shape index (κ3) is 7.94. The number of ether oxygens (including phenoxy) is 1. The van der Waals surface area contributed by atoms with Gasteiger partial charge in [0.15, 0.2) is 0 Å². The molecule has 0 aliphatic heterocycles. The summed E-state index contributed by atoms with van der Waals surface area (Å²) in [6.45, 7) is 2.82. The molecule has 7 nitrogen and oxygen atoms in total. The molecule has 2 aromatic carbocycles. The molecule has 30 heavy (non-hydrogen) atoms. The van der Waals surface area contributed by atoms with E-state index in [1.807, 2.05) is 18.2 Å². The maximum atomic E-state index is 12.2. The molecule has 2 aromatic rings. The Morgan fingerprint density at radius 2 is 1.93 bits per heavy atom. The smallest absolute Gasteiger partial charge is 0.271 e. The molecule has 0 spiro atoms. The van der Waals surface area contributed by atoms with Crippen molar-refractivity contribution in [2.45, 2.75) is 45.4 Å². The van der Waals surface area contributed by atoms with Crippen LogP contribution in [-0.4, -0.2) is 23.7 Å². The minimum atomic E-state index is -0.547. The van der Waals surface area contributed by atoms with Crippen molar-refractivity contribution >= 4 is 33.7 Å². The number of carbonyl (C=O) groups is 1. The minimum Gasteiger partial charge on any atom is -0.493 e. The van der Waals surface area contributed by atoms with Crippen molar-refractivity contribution in [3.8, 4) is 5.75 Å². The van der Waals surface area contributed by atoms with Crippen molar-refractivity contribution in [1.82, 2.24) is 5.43 Å². The number of nitrogens with zero attached hydrogens (tertiary/aromatic N) is 2. The third-order valence-corrected chi connectivity index (χ3v) is 4.91. The average molecular weight is 476 g/mol. The zero-order valence-corrected chi connectivity index (χ0v) is 18.6. The lowest BCUT2D eigenvalue weighted by molar-refractivity contribution is -0.384. The molecule has 1 N–H and O–H groups in total. The molecule has 0 aromatic heterocycles. The Morgan fingerprint density at radius 3 is 2.70 bits per heavy atom. The highest BCUT2D eigenvalue weighted by Crippen LogP contribution is 2.22. The van der Waals surface area contributed by atoms with E-state index in [2.05, 4.69) is 33.4 Å². The van der Waals surface area contributed by atoms with Gasteiger partial charge in [-0.05, 0) is 30.7 Å². The first-order chi connectivity index (χ1) is 14.5. The molecule has 0 fully saturated rings. The monoisotopic (exact) mass is 475 g/mol. The van der Waals surface area contributed by atoms with Crippen LogP contribution >= 0.6 is 15.9 Å². The molecule has 0 aliphatic carbocycles. The molecule has 160 valence electrons. The van der Waals surface area contributed by atoms with Crippen LogP contribution in [0.25, 0.3) is 0 Å². The SMILES string of the molecule is CCCCCCCCOc1ccc(Br)cc1/C=N/NC(=O)c1cccc([N+](=O)[O-])c1. The molecular weight excluding hydrogens is 450 g/mol. The Bertz CT molecular complexity index is 886. The Morgan fingerprint density at radius 1 is 1.17 bits per heavy atom. The number of benzene rings is 2. The third-order valence-electron chi connectivity index (χ3n) is 4.42. The van der Waals surface area contributed by atoms with Crippen molar-refractivity contribution in [2.24, 2.45) is 5.10 Å². The van der Waals surface area contributed by atoms with Gasteiger partial charge in [0.1, 0.15) is 5.75 Å². The van der Waals surface area contributed by atoms with Crippen LogP contribution in [0.5, 0.6) is 5.75 Å². The van der Waals surface area contributed by atoms with Gasteiger partial charge in [-0.25, -0.2) is 5.43 Å². The molecule has 0 radical (unpaired) electrons. The summed E-state index contributed by atoms with van der Waals surface area (Å²) in [6.07, 6.45) is 8.61. The van der Waals surface area contributed by atoms with E-state index in [1.165, 1.54) is 56.2 Å². The van der Waals surface area contributed by atoms with Crippen LogP contribution in [0.3, 0.4) is 0 Å². The van der Waals surface area contributed by atoms with E-state index in [1.54, 1.807) is 0 Å². The van der Waals surface area contributed by atoms with Gasteiger partial charge >= 0.3 is 0 Å². The van der Waals surface area contributed by atoms with Gasteiger partial charge in [-0.15, -0.1) is 0 Å². The summed E-state index contributed by atoms with van der Waals surface area (Å²) in [5, 5.41) is 14.8. The molecule has 0 bridgehead atoms. The van der Waals surface area contributed by atoms with E-state index in [0.717, 1.165) is 22.9 Å². The lowest BCUT2D eigenvalue weighted by Crippen LogP contribution is -2.17. The molecule has 0 aliphatic rings. The van der Waals surface area contributed by atoms with Crippen LogP contribution in [0.1, 0.15) is 61.4 Å². The van der Waals surface area contributed by atoms with E-state index in [9.17, 15) is 14.9 Å². The number of nitro benzene ring substituents is 1. The first-order valence-corrected chi connectivity index (χ1v) is 10.8. The van der Waals surface area contributed by atoms with Gasteiger partial charge in [-0.2, -0.15) is 5.10 Å². The number of unbranched alkanes of at least 4 members (excludes halogenated alkanes) is 5. The van der Waals surface area contributed by atoms with Crippen molar-refractivity contribution < 1.29 is 14.5 Å². The van der Waals surface area contributed by atoms with Gasteiger partial charge in [0.25, 0.3) is 11.6 Å². The van der Waals surface area contributed by atoms with Crippen LogP contribution in [0.15, 0.2) is 52.0 Å². The number of hydrogen-bond acceptors (Lipinski definition) is 5. The summed E-state index contributed by atoms with van der Waals surface area (Å²) in [7, 11) is 0. The Kier molecular flexibility index (Phi) is 10.00. The van der Waals surface area contributed by atoms with Crippen LogP contribution in [0.2, 0.25) is 0 Å². The summed E-state index contributed by atoms with van der Waals surface area (Å²) < 4.78 is 6.75. The van der Waals surface area contributed by atoms with Crippen LogP contribution in [0, 0.1) is 10.1 Å². The van der Waals surface area contributed by atoms with Gasteiger partial charge in [0.2, 0.25) is 0 Å². The fourth-order valence-corrected chi connectivity index (χ4v) is 3.18.